The van der Waals surface area contributed by atoms with Crippen LogP contribution in [-0.4, -0.2) is 36.7 Å². The summed E-state index contributed by atoms with van der Waals surface area (Å²) < 4.78 is 11.0. The first-order valence-electron chi connectivity index (χ1n) is 8.98. The van der Waals surface area contributed by atoms with Crippen LogP contribution in [0.4, 0.5) is 0 Å². The van der Waals surface area contributed by atoms with Gasteiger partial charge >= 0.3 is 0 Å². The van der Waals surface area contributed by atoms with E-state index in [1.807, 2.05) is 36.1 Å². The van der Waals surface area contributed by atoms with Crippen molar-refractivity contribution in [2.24, 2.45) is 5.92 Å². The Kier molecular flexibility index (Phi) is 6.67. The molecule has 1 aliphatic heterocycles. The minimum atomic E-state index is -0.0293. The zero-order chi connectivity index (χ0) is 17.6. The van der Waals surface area contributed by atoms with Gasteiger partial charge in [-0.05, 0) is 56.7 Å². The van der Waals surface area contributed by atoms with E-state index >= 15 is 0 Å². The monoisotopic (exact) mass is 333 g/mol. The van der Waals surface area contributed by atoms with Crippen molar-refractivity contribution in [1.82, 2.24) is 4.90 Å². The molecule has 0 radical (unpaired) electrons. The van der Waals surface area contributed by atoms with E-state index in [9.17, 15) is 4.79 Å². The van der Waals surface area contributed by atoms with E-state index in [1.54, 1.807) is 7.11 Å². The lowest BCUT2D eigenvalue weighted by Crippen LogP contribution is -2.37. The average molecular weight is 333 g/mol. The quantitative estimate of drug-likeness (QED) is 0.756. The van der Waals surface area contributed by atoms with E-state index in [4.69, 9.17) is 9.47 Å². The fourth-order valence-corrected chi connectivity index (χ4v) is 3.41. The van der Waals surface area contributed by atoms with Gasteiger partial charge in [-0.15, -0.1) is 0 Å². The summed E-state index contributed by atoms with van der Waals surface area (Å²) in [6.45, 7) is 8.57. The zero-order valence-corrected chi connectivity index (χ0v) is 15.5. The van der Waals surface area contributed by atoms with E-state index in [0.29, 0.717) is 18.9 Å². The molecule has 4 nitrogen and oxygen atoms in total. The van der Waals surface area contributed by atoms with Gasteiger partial charge in [-0.2, -0.15) is 0 Å². The minimum Gasteiger partial charge on any atom is -0.497 e. The third-order valence-corrected chi connectivity index (χ3v) is 4.79. The van der Waals surface area contributed by atoms with Gasteiger partial charge in [0, 0.05) is 26.1 Å². The first kappa shape index (κ1) is 18.8. The van der Waals surface area contributed by atoms with E-state index in [0.717, 1.165) is 43.7 Å². The molecule has 24 heavy (non-hydrogen) atoms. The molecule has 134 valence electrons. The van der Waals surface area contributed by atoms with Crippen molar-refractivity contribution in [3.05, 3.63) is 29.8 Å². The zero-order valence-electron chi connectivity index (χ0n) is 15.5. The Hall–Kier alpha value is -1.55. The molecule has 0 aromatic heterocycles. The van der Waals surface area contributed by atoms with Crippen LogP contribution in [0.2, 0.25) is 0 Å². The van der Waals surface area contributed by atoms with Crippen molar-refractivity contribution in [1.29, 1.82) is 0 Å². The number of amides is 1. The summed E-state index contributed by atoms with van der Waals surface area (Å²) >= 11 is 0. The van der Waals surface area contributed by atoms with E-state index in [1.165, 1.54) is 0 Å². The third-order valence-electron chi connectivity index (χ3n) is 4.79. The number of carbonyl (C=O) groups is 1. The maximum atomic E-state index is 12.3. The predicted molar refractivity (Wildman–Crippen MR) is 96.1 cm³/mol. The van der Waals surface area contributed by atoms with Crippen molar-refractivity contribution in [3.63, 3.8) is 0 Å². The standard InChI is InChI=1S/C20H31NO3/c1-5-19(22)21(15-17-6-8-18(23-4)9-7-17)12-10-16-11-13-24-20(2,3)14-16/h6-9,16H,5,10-15H2,1-4H3/t16-/m0/s1. The van der Waals surface area contributed by atoms with Gasteiger partial charge in [0.15, 0.2) is 0 Å². The molecule has 1 saturated heterocycles. The molecule has 1 amide bonds. The number of ether oxygens (including phenoxy) is 2. The van der Waals surface area contributed by atoms with E-state index < -0.39 is 0 Å². The van der Waals surface area contributed by atoms with Crippen molar-refractivity contribution in [2.45, 2.75) is 58.6 Å². The molecule has 0 unspecified atom stereocenters. The number of rotatable bonds is 7. The Morgan fingerprint density at radius 3 is 2.62 bits per heavy atom. The van der Waals surface area contributed by atoms with Crippen LogP contribution in [0.15, 0.2) is 24.3 Å². The normalized spacial score (nSPS) is 19.8. The molecule has 1 fully saturated rings. The fraction of sp³-hybridized carbons (Fsp3) is 0.650. The minimum absolute atomic E-state index is 0.0293. The Labute approximate surface area is 146 Å². The summed E-state index contributed by atoms with van der Waals surface area (Å²) in [5, 5.41) is 0. The third kappa shape index (κ3) is 5.52. The molecule has 1 aromatic rings. The average Bonchev–Trinajstić information content (AvgIpc) is 2.57. The number of hydrogen-bond acceptors (Lipinski definition) is 3. The Balaban J connectivity index is 1.93. The van der Waals surface area contributed by atoms with Gasteiger partial charge in [0.2, 0.25) is 5.91 Å². The molecule has 0 N–H and O–H groups in total. The summed E-state index contributed by atoms with van der Waals surface area (Å²) in [5.41, 5.74) is 1.11. The number of carbonyl (C=O) groups excluding carboxylic acids is 1. The highest BCUT2D eigenvalue weighted by Gasteiger charge is 2.29. The largest absolute Gasteiger partial charge is 0.497 e. The van der Waals surface area contributed by atoms with Crippen LogP contribution in [0.3, 0.4) is 0 Å². The van der Waals surface area contributed by atoms with Crippen LogP contribution in [0.5, 0.6) is 5.75 Å². The van der Waals surface area contributed by atoms with Gasteiger partial charge in [0.05, 0.1) is 12.7 Å². The maximum absolute atomic E-state index is 12.3. The van der Waals surface area contributed by atoms with Crippen molar-refractivity contribution >= 4 is 5.91 Å². The first-order valence-corrected chi connectivity index (χ1v) is 8.98. The second kappa shape index (κ2) is 8.52. The maximum Gasteiger partial charge on any atom is 0.222 e. The summed E-state index contributed by atoms with van der Waals surface area (Å²) in [6.07, 6.45) is 3.77. The van der Waals surface area contributed by atoms with Crippen molar-refractivity contribution in [3.8, 4) is 5.75 Å². The van der Waals surface area contributed by atoms with Gasteiger partial charge in [-0.25, -0.2) is 0 Å². The van der Waals surface area contributed by atoms with Crippen LogP contribution in [0.25, 0.3) is 0 Å². The van der Waals surface area contributed by atoms with Gasteiger partial charge in [0.25, 0.3) is 0 Å². The number of methoxy groups -OCH3 is 1. The smallest absolute Gasteiger partial charge is 0.222 e. The molecule has 4 heteroatoms. The van der Waals surface area contributed by atoms with Crippen molar-refractivity contribution in [2.75, 3.05) is 20.3 Å². The van der Waals surface area contributed by atoms with E-state index in [-0.39, 0.29) is 11.5 Å². The second-order valence-corrected chi connectivity index (χ2v) is 7.27. The van der Waals surface area contributed by atoms with Crippen LogP contribution in [-0.2, 0) is 16.1 Å². The molecule has 0 aliphatic carbocycles. The number of hydrogen-bond donors (Lipinski definition) is 0. The van der Waals surface area contributed by atoms with Crippen LogP contribution in [0, 0.1) is 5.92 Å². The molecule has 1 aliphatic rings. The molecular formula is C20H31NO3. The summed E-state index contributed by atoms with van der Waals surface area (Å²) in [7, 11) is 1.66. The molecule has 0 saturated carbocycles. The van der Waals surface area contributed by atoms with Gasteiger partial charge in [-0.1, -0.05) is 19.1 Å². The highest BCUT2D eigenvalue weighted by molar-refractivity contribution is 5.75. The molecule has 1 atom stereocenters. The number of benzene rings is 1. The lowest BCUT2D eigenvalue weighted by atomic mass is 9.86. The van der Waals surface area contributed by atoms with E-state index in [2.05, 4.69) is 13.8 Å². The fourth-order valence-electron chi connectivity index (χ4n) is 3.41. The van der Waals surface area contributed by atoms with Crippen LogP contribution in [0.1, 0.15) is 52.0 Å². The Morgan fingerprint density at radius 1 is 1.33 bits per heavy atom. The first-order chi connectivity index (χ1) is 11.4. The Bertz CT molecular complexity index is 524. The Morgan fingerprint density at radius 2 is 2.04 bits per heavy atom. The van der Waals surface area contributed by atoms with Gasteiger partial charge in [0.1, 0.15) is 5.75 Å². The number of nitrogens with zero attached hydrogens (tertiary/aromatic N) is 1. The topological polar surface area (TPSA) is 38.8 Å². The lowest BCUT2D eigenvalue weighted by molar-refractivity contribution is -0.132. The molecule has 1 heterocycles. The second-order valence-electron chi connectivity index (χ2n) is 7.27. The summed E-state index contributed by atoms with van der Waals surface area (Å²) in [4.78, 5) is 14.3. The molecule has 1 aromatic carbocycles. The summed E-state index contributed by atoms with van der Waals surface area (Å²) in [6, 6.07) is 7.97. The molecule has 0 spiro atoms. The van der Waals surface area contributed by atoms with Crippen LogP contribution < -0.4 is 4.74 Å². The highest BCUT2D eigenvalue weighted by Crippen LogP contribution is 2.30. The summed E-state index contributed by atoms with van der Waals surface area (Å²) in [5.74, 6) is 1.70. The lowest BCUT2D eigenvalue weighted by Gasteiger charge is -2.36. The molecule has 0 bridgehead atoms. The SMILES string of the molecule is CCC(=O)N(CC[C@H]1CCOC(C)(C)C1)Cc1ccc(OC)cc1. The van der Waals surface area contributed by atoms with Gasteiger partial charge < -0.3 is 14.4 Å². The predicted octanol–water partition coefficient (Wildman–Crippen LogP) is 4.03. The highest BCUT2D eigenvalue weighted by atomic mass is 16.5. The van der Waals surface area contributed by atoms with Crippen LogP contribution >= 0.6 is 0 Å². The van der Waals surface area contributed by atoms with Crippen molar-refractivity contribution < 1.29 is 14.3 Å². The molecule has 2 rings (SSSR count). The molecular weight excluding hydrogens is 302 g/mol. The van der Waals surface area contributed by atoms with Gasteiger partial charge in [-0.3, -0.25) is 4.79 Å².